The van der Waals surface area contributed by atoms with Crippen LogP contribution in [0, 0.1) is 12.8 Å². The Morgan fingerprint density at radius 2 is 1.79 bits per heavy atom. The average Bonchev–Trinajstić information content (AvgIpc) is 2.95. The second kappa shape index (κ2) is 12.9. The molecule has 0 bridgehead atoms. The Kier molecular flexibility index (Phi) is 9.55. The third-order valence-corrected chi connectivity index (χ3v) is 8.79. The van der Waals surface area contributed by atoms with Crippen molar-refractivity contribution in [3.8, 4) is 5.75 Å². The van der Waals surface area contributed by atoms with Crippen molar-refractivity contribution in [3.05, 3.63) is 89.0 Å². The van der Waals surface area contributed by atoms with Crippen molar-refractivity contribution in [2.45, 2.75) is 44.4 Å². The molecule has 42 heavy (non-hydrogen) atoms. The first-order chi connectivity index (χ1) is 19.9. The smallest absolute Gasteiger partial charge is 0.335 e. The molecule has 0 fully saturated rings. The Balaban J connectivity index is 1.60. The van der Waals surface area contributed by atoms with E-state index >= 15 is 0 Å². The Morgan fingerprint density at radius 1 is 1.12 bits per heavy atom. The van der Waals surface area contributed by atoms with E-state index in [1.165, 1.54) is 18.2 Å². The molecule has 1 aliphatic heterocycles. The summed E-state index contributed by atoms with van der Waals surface area (Å²) in [6.07, 6.45) is -0.344. The number of ether oxygens (including phenoxy) is 1. The lowest BCUT2D eigenvalue weighted by Gasteiger charge is -2.38. The zero-order chi connectivity index (χ0) is 30.6. The van der Waals surface area contributed by atoms with Crippen LogP contribution in [0.25, 0.3) is 0 Å². The third kappa shape index (κ3) is 7.28. The maximum atomic E-state index is 13.7. The van der Waals surface area contributed by atoms with Crippen molar-refractivity contribution >= 4 is 27.6 Å². The van der Waals surface area contributed by atoms with Crippen LogP contribution in [0.1, 0.15) is 45.7 Å². The first-order valence-corrected chi connectivity index (χ1v) is 15.2. The summed E-state index contributed by atoms with van der Waals surface area (Å²) in [5, 5.41) is 19.1. The number of likely N-dealkylation sites (N-methyl/N-ethyl adjacent to an activating group) is 1. The molecule has 224 valence electrons. The first kappa shape index (κ1) is 31.0. The number of hydrogen-bond acceptors (Lipinski definition) is 7. The number of rotatable bonds is 10. The molecular formula is C31H37N3O7S. The van der Waals surface area contributed by atoms with E-state index in [4.69, 9.17) is 9.84 Å². The molecule has 0 spiro atoms. The number of aliphatic hydroxyl groups excluding tert-OH is 1. The minimum absolute atomic E-state index is 0.104. The Labute approximate surface area is 246 Å². The molecule has 3 aromatic rings. The number of carbonyl (C=O) groups excluding carboxylic acids is 1. The molecule has 1 heterocycles. The zero-order valence-electron chi connectivity index (χ0n) is 24.1. The highest BCUT2D eigenvalue weighted by molar-refractivity contribution is 7.92. The maximum absolute atomic E-state index is 13.7. The summed E-state index contributed by atoms with van der Waals surface area (Å²) >= 11 is 0. The van der Waals surface area contributed by atoms with Crippen LogP contribution >= 0.6 is 0 Å². The number of nitrogens with zero attached hydrogens (tertiary/aromatic N) is 2. The highest BCUT2D eigenvalue weighted by Gasteiger charge is 2.33. The van der Waals surface area contributed by atoms with E-state index in [2.05, 4.69) is 9.62 Å². The molecule has 0 aliphatic carbocycles. The van der Waals surface area contributed by atoms with Gasteiger partial charge in [0.2, 0.25) is 0 Å². The Bertz CT molecular complexity index is 1530. The van der Waals surface area contributed by atoms with Crippen LogP contribution in [0.3, 0.4) is 0 Å². The predicted molar refractivity (Wildman–Crippen MR) is 159 cm³/mol. The minimum atomic E-state index is -3.89. The van der Waals surface area contributed by atoms with Gasteiger partial charge >= 0.3 is 5.97 Å². The molecule has 3 aromatic carbocycles. The van der Waals surface area contributed by atoms with Gasteiger partial charge < -0.3 is 19.8 Å². The van der Waals surface area contributed by atoms with Gasteiger partial charge in [-0.3, -0.25) is 14.4 Å². The minimum Gasteiger partial charge on any atom is -0.488 e. The largest absolute Gasteiger partial charge is 0.488 e. The number of nitrogens with one attached hydrogen (secondary N) is 1. The van der Waals surface area contributed by atoms with E-state index in [-0.39, 0.29) is 46.2 Å². The van der Waals surface area contributed by atoms with Crippen LogP contribution in [0.15, 0.2) is 71.6 Å². The average molecular weight is 596 g/mol. The number of amides is 1. The summed E-state index contributed by atoms with van der Waals surface area (Å²) in [4.78, 5) is 28.6. The number of aromatic carboxylic acids is 1. The summed E-state index contributed by atoms with van der Waals surface area (Å²) < 4.78 is 35.0. The lowest BCUT2D eigenvalue weighted by atomic mass is 9.99. The van der Waals surface area contributed by atoms with Crippen LogP contribution in [0.4, 0.5) is 5.69 Å². The van der Waals surface area contributed by atoms with Crippen molar-refractivity contribution < 1.29 is 33.0 Å². The van der Waals surface area contributed by atoms with Crippen LogP contribution in [0.5, 0.6) is 5.75 Å². The fraction of sp³-hybridized carbons (Fsp3) is 0.355. The quantitative estimate of drug-likeness (QED) is 0.322. The molecule has 0 saturated heterocycles. The molecule has 4 rings (SSSR count). The van der Waals surface area contributed by atoms with Gasteiger partial charge in [-0.15, -0.1) is 0 Å². The molecule has 10 nitrogen and oxygen atoms in total. The number of hydrogen-bond donors (Lipinski definition) is 3. The molecule has 0 saturated carbocycles. The molecule has 3 N–H and O–H groups in total. The number of aliphatic hydroxyl groups is 1. The van der Waals surface area contributed by atoms with E-state index in [1.807, 2.05) is 20.9 Å². The highest BCUT2D eigenvalue weighted by atomic mass is 32.2. The van der Waals surface area contributed by atoms with Crippen molar-refractivity contribution in [2.24, 2.45) is 5.92 Å². The van der Waals surface area contributed by atoms with Crippen LogP contribution in [-0.2, 0) is 16.6 Å². The summed E-state index contributed by atoms with van der Waals surface area (Å²) in [6, 6.07) is 17.3. The van der Waals surface area contributed by atoms with Gasteiger partial charge in [-0.1, -0.05) is 36.8 Å². The van der Waals surface area contributed by atoms with Crippen LogP contribution in [0.2, 0.25) is 0 Å². The number of carbonyl (C=O) groups is 2. The fourth-order valence-corrected chi connectivity index (χ4v) is 5.92. The normalized spacial score (nSPS) is 18.0. The summed E-state index contributed by atoms with van der Waals surface area (Å²) in [6.45, 7) is 6.76. The molecule has 1 aliphatic rings. The second-order valence-corrected chi connectivity index (χ2v) is 12.6. The molecule has 0 radical (unpaired) electrons. The van der Waals surface area contributed by atoms with E-state index < -0.39 is 22.0 Å². The molecule has 0 aromatic heterocycles. The molecule has 11 heteroatoms. The third-order valence-electron chi connectivity index (χ3n) is 7.39. The molecule has 0 unspecified atom stereocenters. The first-order valence-electron chi connectivity index (χ1n) is 13.7. The van der Waals surface area contributed by atoms with Crippen molar-refractivity contribution in [3.63, 3.8) is 0 Å². The van der Waals surface area contributed by atoms with Crippen molar-refractivity contribution in [1.82, 2.24) is 9.80 Å². The lowest BCUT2D eigenvalue weighted by molar-refractivity contribution is 0.0341. The lowest BCUT2D eigenvalue weighted by Crippen LogP contribution is -2.49. The number of sulfonamides is 1. The topological polar surface area (TPSA) is 136 Å². The van der Waals surface area contributed by atoms with Crippen LogP contribution < -0.4 is 9.46 Å². The number of carboxylic acid groups (broad SMARTS) is 1. The maximum Gasteiger partial charge on any atom is 0.335 e. The van der Waals surface area contributed by atoms with Crippen molar-refractivity contribution in [1.29, 1.82) is 0 Å². The summed E-state index contributed by atoms with van der Waals surface area (Å²) in [5.74, 6) is -1.12. The zero-order valence-corrected chi connectivity index (χ0v) is 25.0. The molecular weight excluding hydrogens is 558 g/mol. The fourth-order valence-electron chi connectivity index (χ4n) is 4.87. The Morgan fingerprint density at radius 3 is 2.40 bits per heavy atom. The van der Waals surface area contributed by atoms with Gasteiger partial charge in [-0.25, -0.2) is 13.2 Å². The van der Waals surface area contributed by atoms with E-state index in [9.17, 15) is 23.1 Å². The van der Waals surface area contributed by atoms with Crippen LogP contribution in [-0.4, -0.2) is 79.2 Å². The molecule has 3 atom stereocenters. The monoisotopic (exact) mass is 595 g/mol. The van der Waals surface area contributed by atoms with E-state index in [0.717, 1.165) is 11.1 Å². The van der Waals surface area contributed by atoms with Gasteiger partial charge in [-0.2, -0.15) is 0 Å². The van der Waals surface area contributed by atoms with Gasteiger partial charge in [-0.05, 0) is 68.9 Å². The predicted octanol–water partition coefficient (Wildman–Crippen LogP) is 3.85. The summed E-state index contributed by atoms with van der Waals surface area (Å²) in [7, 11) is -1.96. The van der Waals surface area contributed by atoms with Crippen molar-refractivity contribution in [2.75, 3.05) is 31.5 Å². The highest BCUT2D eigenvalue weighted by Crippen LogP contribution is 2.31. The summed E-state index contributed by atoms with van der Waals surface area (Å²) in [5.41, 5.74) is 2.51. The Hall–Kier alpha value is -3.93. The van der Waals surface area contributed by atoms with E-state index in [1.54, 1.807) is 60.4 Å². The number of carboxylic acids is 1. The second-order valence-electron chi connectivity index (χ2n) is 11.0. The number of aryl methyl sites for hydroxylation is 1. The van der Waals surface area contributed by atoms with Gasteiger partial charge in [0, 0.05) is 31.2 Å². The number of benzene rings is 3. The van der Waals surface area contributed by atoms with E-state index in [0.29, 0.717) is 25.4 Å². The van der Waals surface area contributed by atoms with Gasteiger partial charge in [0.05, 0.1) is 28.7 Å². The number of anilines is 1. The SMILES string of the molecule is Cc1ccc(S(=O)(=O)Nc2ccc3c(c2)C(=O)N([C@H](C)CO)C[C@H](C)[C@@H](CN(C)Cc2ccc(C(=O)O)cc2)O3)cc1. The standard InChI is InChI=1S/C31H37N3O7S/c1-20-5-12-26(13-6-20)42(39,40)32-25-11-14-28-27(15-25)30(36)34(22(3)19-35)16-21(2)29(41-28)18-33(4)17-23-7-9-24(10-8-23)31(37)38/h5-15,21-22,29,32,35H,16-19H2,1-4H3,(H,37,38)/t21-,22+,29+/m0/s1. The number of fused-ring (bicyclic) bond motifs is 1. The molecule has 1 amide bonds. The van der Waals surface area contributed by atoms with Gasteiger partial charge in [0.1, 0.15) is 11.9 Å². The van der Waals surface area contributed by atoms with Gasteiger partial charge in [0.15, 0.2) is 0 Å². The van der Waals surface area contributed by atoms with Gasteiger partial charge in [0.25, 0.3) is 15.9 Å².